The van der Waals surface area contributed by atoms with E-state index in [2.05, 4.69) is 0 Å². The third kappa shape index (κ3) is 4.95. The van der Waals surface area contributed by atoms with Crippen LogP contribution in [0.25, 0.3) is 22.1 Å². The number of halogens is 3. The monoisotopic (exact) mass is 478 g/mol. The quantitative estimate of drug-likeness (QED) is 0.350. The van der Waals surface area contributed by atoms with Crippen molar-refractivity contribution in [3.05, 3.63) is 52.4 Å². The van der Waals surface area contributed by atoms with Gasteiger partial charge in [0.15, 0.2) is 18.1 Å². The van der Waals surface area contributed by atoms with Crippen molar-refractivity contribution in [2.24, 2.45) is 0 Å². The summed E-state index contributed by atoms with van der Waals surface area (Å²) in [5.41, 5.74) is -1.83. The van der Waals surface area contributed by atoms with Gasteiger partial charge in [0.1, 0.15) is 24.5 Å². The number of carbonyl (C=O) groups is 1. The molecule has 0 saturated heterocycles. The van der Waals surface area contributed by atoms with Gasteiger partial charge in [0.05, 0.1) is 17.6 Å². The molecule has 180 valence electrons. The van der Waals surface area contributed by atoms with Gasteiger partial charge >= 0.3 is 12.1 Å². The zero-order chi connectivity index (χ0) is 24.3. The summed E-state index contributed by atoms with van der Waals surface area (Å²) in [6.07, 6.45) is -3.39. The molecule has 0 atom stereocenters. The molecule has 0 saturated carbocycles. The Hall–Kier alpha value is -3.69. The number of carbonyl (C=O) groups excluding carboxylic acids is 1. The second-order valence-corrected chi connectivity index (χ2v) is 7.51. The molecule has 1 aliphatic rings. The van der Waals surface area contributed by atoms with E-state index >= 15 is 0 Å². The van der Waals surface area contributed by atoms with Crippen molar-refractivity contribution in [2.75, 3.05) is 26.4 Å². The summed E-state index contributed by atoms with van der Waals surface area (Å²) >= 11 is 0. The van der Waals surface area contributed by atoms with Crippen LogP contribution < -0.4 is 19.6 Å². The lowest BCUT2D eigenvalue weighted by atomic mass is 10.0. The van der Waals surface area contributed by atoms with Gasteiger partial charge in [0, 0.05) is 6.07 Å². The molecule has 0 N–H and O–H groups in total. The highest BCUT2D eigenvalue weighted by Crippen LogP contribution is 2.40. The van der Waals surface area contributed by atoms with Crippen molar-refractivity contribution in [2.45, 2.75) is 25.9 Å². The minimum absolute atomic E-state index is 0.0117. The average Bonchev–Trinajstić information content (AvgIpc) is 2.82. The van der Waals surface area contributed by atoms with Crippen molar-refractivity contribution < 1.29 is 41.3 Å². The Morgan fingerprint density at radius 1 is 1.06 bits per heavy atom. The smallest absolute Gasteiger partial charge is 0.450 e. The third-order valence-corrected chi connectivity index (χ3v) is 5.07. The van der Waals surface area contributed by atoms with E-state index in [1.807, 2.05) is 6.92 Å². The first-order valence-corrected chi connectivity index (χ1v) is 10.6. The number of hydrogen-bond acceptors (Lipinski definition) is 7. The summed E-state index contributed by atoms with van der Waals surface area (Å²) in [5, 5.41) is -0.0734. The minimum atomic E-state index is -4.95. The van der Waals surface area contributed by atoms with Crippen LogP contribution in [0.5, 0.6) is 17.2 Å². The summed E-state index contributed by atoms with van der Waals surface area (Å²) in [6.45, 7) is 2.33. The first kappa shape index (κ1) is 23.5. The molecule has 2 aromatic carbocycles. The Balaban J connectivity index is 1.70. The van der Waals surface area contributed by atoms with Crippen molar-refractivity contribution in [1.29, 1.82) is 0 Å². The van der Waals surface area contributed by atoms with Crippen LogP contribution in [0.1, 0.15) is 25.5 Å². The maximum Gasteiger partial charge on any atom is 0.450 e. The molecule has 7 nitrogen and oxygen atoms in total. The van der Waals surface area contributed by atoms with Gasteiger partial charge in [-0.2, -0.15) is 13.2 Å². The zero-order valence-electron chi connectivity index (χ0n) is 18.2. The fourth-order valence-electron chi connectivity index (χ4n) is 3.44. The summed E-state index contributed by atoms with van der Waals surface area (Å²) in [5.74, 6) is -1.38. The number of hydrogen-bond donors (Lipinski definition) is 0. The van der Waals surface area contributed by atoms with Crippen LogP contribution in [0.3, 0.4) is 0 Å². The van der Waals surface area contributed by atoms with E-state index < -0.39 is 35.5 Å². The van der Waals surface area contributed by atoms with E-state index in [1.54, 1.807) is 0 Å². The summed E-state index contributed by atoms with van der Waals surface area (Å²) in [7, 11) is 0. The van der Waals surface area contributed by atoms with Crippen LogP contribution in [0.15, 0.2) is 45.6 Å². The second kappa shape index (κ2) is 9.66. The van der Waals surface area contributed by atoms with E-state index in [0.29, 0.717) is 18.8 Å². The maximum atomic E-state index is 13.9. The Morgan fingerprint density at radius 2 is 1.82 bits per heavy atom. The van der Waals surface area contributed by atoms with Crippen LogP contribution in [0, 0.1) is 0 Å². The van der Waals surface area contributed by atoms with Crippen LogP contribution in [0.4, 0.5) is 13.2 Å². The van der Waals surface area contributed by atoms with E-state index in [-0.39, 0.29) is 41.2 Å². The molecular weight excluding hydrogens is 457 g/mol. The fourth-order valence-corrected chi connectivity index (χ4v) is 3.44. The van der Waals surface area contributed by atoms with Crippen LogP contribution in [-0.2, 0) is 15.7 Å². The van der Waals surface area contributed by atoms with Crippen molar-refractivity contribution in [3.8, 4) is 28.4 Å². The summed E-state index contributed by atoms with van der Waals surface area (Å²) in [6, 6.07) is 7.93. The van der Waals surface area contributed by atoms with Gasteiger partial charge in [-0.1, -0.05) is 19.4 Å². The van der Waals surface area contributed by atoms with E-state index in [1.165, 1.54) is 30.3 Å². The van der Waals surface area contributed by atoms with E-state index in [0.717, 1.165) is 12.5 Å². The Morgan fingerprint density at radius 3 is 2.56 bits per heavy atom. The van der Waals surface area contributed by atoms with Gasteiger partial charge < -0.3 is 23.4 Å². The fraction of sp³-hybridized carbons (Fsp3) is 0.333. The van der Waals surface area contributed by atoms with Crippen molar-refractivity contribution >= 4 is 16.9 Å². The standard InChI is InChI=1S/C24H21F3O7/c1-2-3-8-32-20(28)13-33-15-5-6-16-18(12-15)34-23(24(25,26)27)21(22(16)29)14-4-7-17-19(11-14)31-10-9-30-17/h4-7,11-12H,2-3,8-10,13H2,1H3. The number of alkyl halides is 3. The average molecular weight is 478 g/mol. The highest BCUT2D eigenvalue weighted by molar-refractivity contribution is 5.84. The lowest BCUT2D eigenvalue weighted by Crippen LogP contribution is -2.18. The molecule has 0 fully saturated rings. The molecule has 0 unspecified atom stereocenters. The molecule has 34 heavy (non-hydrogen) atoms. The van der Waals surface area contributed by atoms with Crippen LogP contribution in [0.2, 0.25) is 0 Å². The molecule has 4 rings (SSSR count). The Labute approximate surface area is 192 Å². The molecule has 1 aliphatic heterocycles. The van der Waals surface area contributed by atoms with Gasteiger partial charge in [-0.05, 0) is 36.2 Å². The molecule has 0 aliphatic carbocycles. The normalized spacial score (nSPS) is 13.1. The first-order valence-electron chi connectivity index (χ1n) is 10.6. The van der Waals surface area contributed by atoms with Crippen molar-refractivity contribution in [3.63, 3.8) is 0 Å². The number of esters is 1. The SMILES string of the molecule is CCCCOC(=O)COc1ccc2c(=O)c(-c3ccc4c(c3)OCCO4)c(C(F)(F)F)oc2c1. The predicted molar refractivity (Wildman–Crippen MR) is 115 cm³/mol. The number of unbranched alkanes of at least 4 members (excludes halogenated alkanes) is 1. The summed E-state index contributed by atoms with van der Waals surface area (Å²) in [4.78, 5) is 24.9. The number of ether oxygens (including phenoxy) is 4. The lowest BCUT2D eigenvalue weighted by molar-refractivity contribution is -0.152. The molecule has 0 radical (unpaired) electrons. The van der Waals surface area contributed by atoms with Gasteiger partial charge in [0.25, 0.3) is 0 Å². The second-order valence-electron chi connectivity index (χ2n) is 7.51. The summed E-state index contributed by atoms with van der Waals surface area (Å²) < 4.78 is 68.0. The maximum absolute atomic E-state index is 13.9. The van der Waals surface area contributed by atoms with Gasteiger partial charge in [-0.25, -0.2) is 4.79 Å². The third-order valence-electron chi connectivity index (χ3n) is 5.07. The Bertz CT molecular complexity index is 1260. The topological polar surface area (TPSA) is 84.2 Å². The van der Waals surface area contributed by atoms with Gasteiger partial charge in [-0.3, -0.25) is 4.79 Å². The predicted octanol–water partition coefficient (Wildman–Crippen LogP) is 4.97. The van der Waals surface area contributed by atoms with Crippen LogP contribution >= 0.6 is 0 Å². The molecule has 1 aromatic heterocycles. The highest BCUT2D eigenvalue weighted by Gasteiger charge is 2.39. The van der Waals surface area contributed by atoms with E-state index in [9.17, 15) is 22.8 Å². The molecule has 10 heteroatoms. The molecule has 0 amide bonds. The molecule has 2 heterocycles. The van der Waals surface area contributed by atoms with Crippen LogP contribution in [-0.4, -0.2) is 32.4 Å². The largest absolute Gasteiger partial charge is 0.486 e. The highest BCUT2D eigenvalue weighted by atomic mass is 19.4. The lowest BCUT2D eigenvalue weighted by Gasteiger charge is -2.19. The molecule has 0 bridgehead atoms. The van der Waals surface area contributed by atoms with Gasteiger partial charge in [-0.15, -0.1) is 0 Å². The zero-order valence-corrected chi connectivity index (χ0v) is 18.2. The van der Waals surface area contributed by atoms with E-state index in [4.69, 9.17) is 23.4 Å². The molecule has 0 spiro atoms. The first-order chi connectivity index (χ1) is 16.3. The number of rotatable bonds is 7. The number of fused-ring (bicyclic) bond motifs is 2. The van der Waals surface area contributed by atoms with Crippen molar-refractivity contribution in [1.82, 2.24) is 0 Å². The molecular formula is C24H21F3O7. The molecule has 3 aromatic rings. The number of benzene rings is 2. The Kier molecular flexibility index (Phi) is 6.67. The van der Waals surface area contributed by atoms with Gasteiger partial charge in [0.2, 0.25) is 11.2 Å². The minimum Gasteiger partial charge on any atom is -0.486 e.